The number of amides is 1. The summed E-state index contributed by atoms with van der Waals surface area (Å²) in [7, 11) is 3.34. The molecule has 3 N–H and O–H groups in total. The number of carbonyl (C=O) groups excluding carboxylic acids is 1. The van der Waals surface area contributed by atoms with Gasteiger partial charge < -0.3 is 16.0 Å². The predicted molar refractivity (Wildman–Crippen MR) is 132 cm³/mol. The molecule has 0 bridgehead atoms. The van der Waals surface area contributed by atoms with Gasteiger partial charge in [-0.2, -0.15) is 13.2 Å². The maximum atomic E-state index is 12.8. The number of rotatable bonds is 7. The number of alkyl halides is 3. The van der Waals surface area contributed by atoms with Crippen LogP contribution in [0.3, 0.4) is 0 Å². The molecule has 0 fully saturated rings. The van der Waals surface area contributed by atoms with Crippen molar-refractivity contribution in [3.8, 4) is 10.4 Å². The van der Waals surface area contributed by atoms with Crippen molar-refractivity contribution in [3.63, 3.8) is 0 Å². The van der Waals surface area contributed by atoms with Crippen LogP contribution in [0.15, 0.2) is 60.9 Å². The van der Waals surface area contributed by atoms with Crippen molar-refractivity contribution >= 4 is 33.1 Å². The van der Waals surface area contributed by atoms with E-state index in [1.165, 1.54) is 28.4 Å². The van der Waals surface area contributed by atoms with Gasteiger partial charge in [0.25, 0.3) is 5.91 Å². The number of nitrogens with two attached hydrogens (primary N) is 1. The molecule has 0 spiro atoms. The Bertz CT molecular complexity index is 1340. The van der Waals surface area contributed by atoms with Crippen LogP contribution in [-0.2, 0) is 12.6 Å². The molecule has 0 radical (unpaired) electrons. The summed E-state index contributed by atoms with van der Waals surface area (Å²) in [5.74, 6) is -0.215. The van der Waals surface area contributed by atoms with Gasteiger partial charge in [0.15, 0.2) is 5.13 Å². The van der Waals surface area contributed by atoms with E-state index in [-0.39, 0.29) is 11.9 Å². The summed E-state index contributed by atoms with van der Waals surface area (Å²) in [6.07, 6.45) is -0.474. The number of hydrogen-bond acceptors (Lipinski definition) is 6. The maximum absolute atomic E-state index is 12.8. The van der Waals surface area contributed by atoms with Gasteiger partial charge in [-0.05, 0) is 47.2 Å². The van der Waals surface area contributed by atoms with Gasteiger partial charge in [0.1, 0.15) is 5.69 Å². The maximum Gasteiger partial charge on any atom is 0.416 e. The molecule has 0 aliphatic carbocycles. The van der Waals surface area contributed by atoms with Crippen molar-refractivity contribution in [2.45, 2.75) is 18.6 Å². The number of hydrogen-bond donors (Lipinski definition) is 2. The first-order chi connectivity index (χ1) is 16.6. The van der Waals surface area contributed by atoms with Crippen LogP contribution >= 0.6 is 11.3 Å². The molecule has 10 heteroatoms. The fraction of sp³-hybridized carbons (Fsp3) is 0.240. The third kappa shape index (κ3) is 5.77. The first-order valence-corrected chi connectivity index (χ1v) is 11.7. The van der Waals surface area contributed by atoms with E-state index in [1.54, 1.807) is 26.5 Å². The molecular weight excluding hydrogens is 475 g/mol. The molecule has 0 aliphatic rings. The SMILES string of the molecule is CN(C)C(=O)c1nc(NC[C@@H](N)Cc2ccc(C(F)(F)F)cc2)sc1-c1ccc2cnccc2c1. The Kier molecular flexibility index (Phi) is 7.04. The molecule has 0 aliphatic heterocycles. The highest BCUT2D eigenvalue weighted by molar-refractivity contribution is 7.19. The minimum absolute atomic E-state index is 0.215. The number of aromatic nitrogens is 2. The number of benzene rings is 2. The van der Waals surface area contributed by atoms with Crippen molar-refractivity contribution in [1.82, 2.24) is 14.9 Å². The Morgan fingerprint density at radius 1 is 1.11 bits per heavy atom. The third-order valence-electron chi connectivity index (χ3n) is 5.43. The summed E-state index contributed by atoms with van der Waals surface area (Å²) in [6.45, 7) is 0.340. The number of nitrogens with zero attached hydrogens (tertiary/aromatic N) is 3. The van der Waals surface area contributed by atoms with Gasteiger partial charge >= 0.3 is 6.18 Å². The average molecular weight is 500 g/mol. The van der Waals surface area contributed by atoms with Crippen molar-refractivity contribution in [2.75, 3.05) is 26.0 Å². The highest BCUT2D eigenvalue weighted by Gasteiger charge is 2.30. The molecule has 2 aromatic heterocycles. The molecule has 35 heavy (non-hydrogen) atoms. The quantitative estimate of drug-likeness (QED) is 0.371. The van der Waals surface area contributed by atoms with E-state index in [1.807, 2.05) is 24.3 Å². The molecule has 2 aromatic carbocycles. The van der Waals surface area contributed by atoms with Gasteiger partial charge in [-0.15, -0.1) is 0 Å². The Morgan fingerprint density at radius 3 is 2.54 bits per heavy atom. The van der Waals surface area contributed by atoms with E-state index in [0.29, 0.717) is 29.4 Å². The van der Waals surface area contributed by atoms with E-state index in [9.17, 15) is 18.0 Å². The largest absolute Gasteiger partial charge is 0.416 e. The fourth-order valence-corrected chi connectivity index (χ4v) is 4.56. The standard InChI is InChI=1S/C25H24F3N5OS/c1-33(2)23(34)21-22(17-5-6-18-13-30-10-9-16(18)12-17)35-24(32-21)31-14-20(29)11-15-3-7-19(8-4-15)25(26,27)28/h3-10,12-13,20H,11,14,29H2,1-2H3,(H,31,32)/t20-/m0/s1. The molecule has 2 heterocycles. The lowest BCUT2D eigenvalue weighted by Gasteiger charge is -2.13. The number of halogens is 3. The summed E-state index contributed by atoms with van der Waals surface area (Å²) in [5, 5.41) is 5.72. The van der Waals surface area contributed by atoms with Crippen molar-refractivity contribution in [3.05, 3.63) is 77.7 Å². The summed E-state index contributed by atoms with van der Waals surface area (Å²) in [6, 6.07) is 12.4. The van der Waals surface area contributed by atoms with Crippen LogP contribution in [0, 0.1) is 0 Å². The number of pyridine rings is 1. The van der Waals surface area contributed by atoms with Crippen molar-refractivity contribution < 1.29 is 18.0 Å². The summed E-state index contributed by atoms with van der Waals surface area (Å²) < 4.78 is 38.3. The first kappa shape index (κ1) is 24.6. The fourth-order valence-electron chi connectivity index (χ4n) is 3.60. The minimum Gasteiger partial charge on any atom is -0.360 e. The van der Waals surface area contributed by atoms with E-state index < -0.39 is 11.7 Å². The zero-order chi connectivity index (χ0) is 25.2. The summed E-state index contributed by atoms with van der Waals surface area (Å²) >= 11 is 1.35. The first-order valence-electron chi connectivity index (χ1n) is 10.8. The van der Waals surface area contributed by atoms with Gasteiger partial charge in [-0.1, -0.05) is 35.6 Å². The number of thiazole rings is 1. The zero-order valence-corrected chi connectivity index (χ0v) is 20.0. The van der Waals surface area contributed by atoms with Crippen LogP contribution in [0.1, 0.15) is 21.6 Å². The van der Waals surface area contributed by atoms with Crippen LogP contribution in [0.25, 0.3) is 21.2 Å². The van der Waals surface area contributed by atoms with Crippen molar-refractivity contribution in [1.29, 1.82) is 0 Å². The Labute approximate surface area is 204 Å². The molecule has 182 valence electrons. The zero-order valence-electron chi connectivity index (χ0n) is 19.1. The summed E-state index contributed by atoms with van der Waals surface area (Å²) in [4.78, 5) is 23.7. The molecular formula is C25H24F3N5OS. The second kappa shape index (κ2) is 10.0. The average Bonchev–Trinajstić information content (AvgIpc) is 3.26. The number of carbonyl (C=O) groups is 1. The summed E-state index contributed by atoms with van der Waals surface area (Å²) in [5.41, 5.74) is 7.44. The van der Waals surface area contributed by atoms with Crippen LogP contribution in [-0.4, -0.2) is 47.5 Å². The van der Waals surface area contributed by atoms with E-state index in [2.05, 4.69) is 15.3 Å². The molecule has 1 amide bonds. The van der Waals surface area contributed by atoms with E-state index in [4.69, 9.17) is 5.73 Å². The van der Waals surface area contributed by atoms with Gasteiger partial charge in [-0.3, -0.25) is 9.78 Å². The molecule has 4 rings (SSSR count). The number of fused-ring (bicyclic) bond motifs is 1. The second-order valence-corrected chi connectivity index (χ2v) is 9.37. The van der Waals surface area contributed by atoms with Gasteiger partial charge in [0.05, 0.1) is 10.4 Å². The van der Waals surface area contributed by atoms with Crippen LogP contribution in [0.5, 0.6) is 0 Å². The molecule has 6 nitrogen and oxygen atoms in total. The lowest BCUT2D eigenvalue weighted by molar-refractivity contribution is -0.137. The van der Waals surface area contributed by atoms with Crippen LogP contribution in [0.4, 0.5) is 18.3 Å². The lowest BCUT2D eigenvalue weighted by atomic mass is 10.0. The highest BCUT2D eigenvalue weighted by atomic mass is 32.1. The Morgan fingerprint density at radius 2 is 1.86 bits per heavy atom. The molecule has 0 unspecified atom stereocenters. The van der Waals surface area contributed by atoms with Crippen LogP contribution in [0.2, 0.25) is 0 Å². The monoisotopic (exact) mass is 499 g/mol. The Hall–Kier alpha value is -3.50. The third-order valence-corrected chi connectivity index (χ3v) is 6.50. The predicted octanol–water partition coefficient (Wildman–Crippen LogP) is 5.06. The highest BCUT2D eigenvalue weighted by Crippen LogP contribution is 2.35. The number of nitrogens with one attached hydrogen (secondary N) is 1. The number of anilines is 1. The smallest absolute Gasteiger partial charge is 0.360 e. The lowest BCUT2D eigenvalue weighted by Crippen LogP contribution is -2.31. The van der Waals surface area contributed by atoms with E-state index >= 15 is 0 Å². The van der Waals surface area contributed by atoms with Crippen LogP contribution < -0.4 is 11.1 Å². The molecule has 0 saturated carbocycles. The topological polar surface area (TPSA) is 84.1 Å². The van der Waals surface area contributed by atoms with Crippen molar-refractivity contribution in [2.24, 2.45) is 5.73 Å². The molecule has 1 atom stereocenters. The van der Waals surface area contributed by atoms with Gasteiger partial charge in [-0.25, -0.2) is 4.98 Å². The molecule has 0 saturated heterocycles. The Balaban J connectivity index is 1.51. The molecule has 4 aromatic rings. The second-order valence-electron chi connectivity index (χ2n) is 8.37. The normalized spacial score (nSPS) is 12.5. The van der Waals surface area contributed by atoms with Gasteiger partial charge in [0.2, 0.25) is 0 Å². The van der Waals surface area contributed by atoms with Gasteiger partial charge in [0, 0.05) is 44.5 Å². The minimum atomic E-state index is -4.37. The van der Waals surface area contributed by atoms with E-state index in [0.717, 1.165) is 33.3 Å².